The highest BCUT2D eigenvalue weighted by Crippen LogP contribution is 2.10. The van der Waals surface area contributed by atoms with E-state index in [2.05, 4.69) is 15.4 Å². The highest BCUT2D eigenvalue weighted by Gasteiger charge is 2.28. The van der Waals surface area contributed by atoms with Gasteiger partial charge in [0.1, 0.15) is 17.7 Å². The molecule has 0 aromatic rings. The number of nitrogens with one attached hydrogen (secondary N) is 2. The Morgan fingerprint density at radius 2 is 2.00 bits per heavy atom. The van der Waals surface area contributed by atoms with Gasteiger partial charge in [-0.15, -0.1) is 0 Å². The Morgan fingerprint density at radius 3 is 2.59 bits per heavy atom. The third-order valence-corrected chi connectivity index (χ3v) is 2.97. The Labute approximate surface area is 130 Å². The Morgan fingerprint density at radius 1 is 1.32 bits per heavy atom. The lowest BCUT2D eigenvalue weighted by Crippen LogP contribution is -2.52. The fourth-order valence-corrected chi connectivity index (χ4v) is 1.96. The molecule has 1 aliphatic heterocycles. The fourth-order valence-electron chi connectivity index (χ4n) is 1.96. The van der Waals surface area contributed by atoms with Gasteiger partial charge in [0, 0.05) is 0 Å². The topological polar surface area (TPSA) is 93.7 Å². The highest BCUT2D eigenvalue weighted by molar-refractivity contribution is 5.89. The minimum atomic E-state index is -0.795. The van der Waals surface area contributed by atoms with Gasteiger partial charge in [0.25, 0.3) is 0 Å². The van der Waals surface area contributed by atoms with E-state index in [4.69, 9.17) is 4.74 Å². The van der Waals surface area contributed by atoms with Crippen LogP contribution >= 0.6 is 0 Å². The number of hydrogen-bond acceptors (Lipinski definition) is 5. The molecule has 0 bridgehead atoms. The third-order valence-electron chi connectivity index (χ3n) is 2.97. The lowest BCUT2D eigenvalue weighted by molar-refractivity contribution is -0.145. The summed E-state index contributed by atoms with van der Waals surface area (Å²) in [6.07, 6.45) is 4.43. The van der Waals surface area contributed by atoms with Crippen LogP contribution in [0.3, 0.4) is 0 Å². The van der Waals surface area contributed by atoms with Crippen molar-refractivity contribution in [1.29, 1.82) is 0 Å². The van der Waals surface area contributed by atoms with Gasteiger partial charge in [0.15, 0.2) is 0 Å². The summed E-state index contributed by atoms with van der Waals surface area (Å²) >= 11 is 0. The van der Waals surface area contributed by atoms with Crippen LogP contribution in [-0.4, -0.2) is 42.8 Å². The smallest absolute Gasteiger partial charge is 0.408 e. The lowest BCUT2D eigenvalue weighted by atomic mass is 10.1. The van der Waals surface area contributed by atoms with Crippen molar-refractivity contribution < 1.29 is 23.9 Å². The van der Waals surface area contributed by atoms with Gasteiger partial charge in [-0.05, 0) is 40.0 Å². The normalized spacial score (nSPS) is 24.1. The van der Waals surface area contributed by atoms with Crippen molar-refractivity contribution in [2.75, 3.05) is 7.11 Å². The summed E-state index contributed by atoms with van der Waals surface area (Å²) < 4.78 is 9.81. The zero-order valence-electron chi connectivity index (χ0n) is 13.5. The number of ether oxygens (including phenoxy) is 2. The van der Waals surface area contributed by atoms with E-state index in [1.165, 1.54) is 7.11 Å². The summed E-state index contributed by atoms with van der Waals surface area (Å²) in [6, 6.07) is -1.51. The maximum absolute atomic E-state index is 12.2. The SMILES string of the molecule is COC(=O)[C@@H]1CC/C=C/C[C@H](NC(=O)OC(C)(C)C)C(=O)N1. The predicted molar refractivity (Wildman–Crippen MR) is 80.1 cm³/mol. The first-order valence-electron chi connectivity index (χ1n) is 7.25. The number of hydrogen-bond donors (Lipinski definition) is 2. The Bertz CT molecular complexity index is 453. The number of methoxy groups -OCH3 is 1. The molecule has 124 valence electrons. The van der Waals surface area contributed by atoms with Crippen LogP contribution in [0.15, 0.2) is 12.2 Å². The summed E-state index contributed by atoms with van der Waals surface area (Å²) in [5, 5.41) is 5.13. The molecule has 0 saturated carbocycles. The largest absolute Gasteiger partial charge is 0.467 e. The van der Waals surface area contributed by atoms with Crippen LogP contribution in [0, 0.1) is 0 Å². The van der Waals surface area contributed by atoms with Crippen molar-refractivity contribution >= 4 is 18.0 Å². The van der Waals surface area contributed by atoms with Crippen molar-refractivity contribution in [3.8, 4) is 0 Å². The van der Waals surface area contributed by atoms with Crippen molar-refractivity contribution in [2.45, 2.75) is 57.7 Å². The number of esters is 1. The van der Waals surface area contributed by atoms with Crippen molar-refractivity contribution in [2.24, 2.45) is 0 Å². The minimum Gasteiger partial charge on any atom is -0.467 e. The number of amides is 2. The molecule has 0 spiro atoms. The molecule has 0 radical (unpaired) electrons. The van der Waals surface area contributed by atoms with Crippen molar-refractivity contribution in [3.05, 3.63) is 12.2 Å². The maximum Gasteiger partial charge on any atom is 0.408 e. The van der Waals surface area contributed by atoms with E-state index in [-0.39, 0.29) is 0 Å². The lowest BCUT2D eigenvalue weighted by Gasteiger charge is -2.23. The molecular formula is C15H24N2O5. The standard InChI is InChI=1S/C15H24N2O5/c1-15(2,3)22-14(20)17-10-8-6-5-7-9-11(13(19)21-4)16-12(10)18/h5-6,10-11H,7-9H2,1-4H3,(H,16,18)(H,17,20)/b6-5+/t10-,11-/m0/s1. The molecular weight excluding hydrogens is 288 g/mol. The predicted octanol–water partition coefficient (Wildman–Crippen LogP) is 1.28. The second kappa shape index (κ2) is 7.82. The minimum absolute atomic E-state index is 0.332. The molecule has 1 aliphatic rings. The first kappa shape index (κ1) is 18.0. The third kappa shape index (κ3) is 6.15. The van der Waals surface area contributed by atoms with E-state index < -0.39 is 35.7 Å². The second-order valence-corrected chi connectivity index (χ2v) is 6.07. The molecule has 0 aliphatic carbocycles. The van der Waals surface area contributed by atoms with Crippen LogP contribution in [0.4, 0.5) is 4.79 Å². The van der Waals surface area contributed by atoms with E-state index in [0.717, 1.165) is 0 Å². The van der Waals surface area contributed by atoms with Gasteiger partial charge in [0.2, 0.25) is 5.91 Å². The summed E-state index contributed by atoms with van der Waals surface area (Å²) in [5.41, 5.74) is -0.649. The van der Waals surface area contributed by atoms with Crippen molar-refractivity contribution in [1.82, 2.24) is 10.6 Å². The summed E-state index contributed by atoms with van der Waals surface area (Å²) in [6.45, 7) is 5.22. The molecule has 2 N–H and O–H groups in total. The molecule has 1 rings (SSSR count). The maximum atomic E-state index is 12.2. The van der Waals surface area contributed by atoms with Crippen LogP contribution in [0.25, 0.3) is 0 Å². The van der Waals surface area contributed by atoms with E-state index in [1.807, 2.05) is 6.08 Å². The fraction of sp³-hybridized carbons (Fsp3) is 0.667. The molecule has 1 heterocycles. The molecule has 0 fully saturated rings. The average Bonchev–Trinajstić information content (AvgIpc) is 2.48. The molecule has 0 unspecified atom stereocenters. The van der Waals surface area contributed by atoms with Gasteiger partial charge in [-0.2, -0.15) is 0 Å². The van der Waals surface area contributed by atoms with Gasteiger partial charge < -0.3 is 20.1 Å². The Balaban J connectivity index is 2.74. The molecule has 0 aromatic carbocycles. The molecule has 0 saturated heterocycles. The average molecular weight is 312 g/mol. The van der Waals surface area contributed by atoms with E-state index in [1.54, 1.807) is 26.8 Å². The van der Waals surface area contributed by atoms with Gasteiger partial charge in [0.05, 0.1) is 7.11 Å². The summed E-state index contributed by atoms with van der Waals surface area (Å²) in [4.78, 5) is 35.7. The monoisotopic (exact) mass is 312 g/mol. The number of carbonyl (C=O) groups is 3. The van der Waals surface area contributed by atoms with Gasteiger partial charge >= 0.3 is 12.1 Å². The molecule has 0 aromatic heterocycles. The summed E-state index contributed by atoms with van der Waals surface area (Å²) in [5.74, 6) is -0.938. The molecule has 2 amide bonds. The Hall–Kier alpha value is -2.05. The van der Waals surface area contributed by atoms with E-state index in [0.29, 0.717) is 19.3 Å². The van der Waals surface area contributed by atoms with E-state index >= 15 is 0 Å². The molecule has 2 atom stereocenters. The zero-order chi connectivity index (χ0) is 16.8. The van der Waals surface area contributed by atoms with Gasteiger partial charge in [-0.1, -0.05) is 12.2 Å². The van der Waals surface area contributed by atoms with Crippen LogP contribution in [0.1, 0.15) is 40.0 Å². The van der Waals surface area contributed by atoms with Crippen LogP contribution in [0.2, 0.25) is 0 Å². The van der Waals surface area contributed by atoms with Crippen molar-refractivity contribution in [3.63, 3.8) is 0 Å². The molecule has 22 heavy (non-hydrogen) atoms. The van der Waals surface area contributed by atoms with Gasteiger partial charge in [-0.3, -0.25) is 4.79 Å². The quantitative estimate of drug-likeness (QED) is 0.592. The number of allylic oxidation sites excluding steroid dienone is 1. The second-order valence-electron chi connectivity index (χ2n) is 6.07. The highest BCUT2D eigenvalue weighted by atomic mass is 16.6. The number of rotatable bonds is 2. The van der Waals surface area contributed by atoms with E-state index in [9.17, 15) is 14.4 Å². The van der Waals surface area contributed by atoms with Crippen LogP contribution in [0.5, 0.6) is 0 Å². The number of alkyl carbamates (subject to hydrolysis) is 1. The number of carbonyl (C=O) groups excluding carboxylic acids is 3. The van der Waals surface area contributed by atoms with Gasteiger partial charge in [-0.25, -0.2) is 9.59 Å². The molecule has 7 heteroatoms. The zero-order valence-corrected chi connectivity index (χ0v) is 13.5. The summed E-state index contributed by atoms with van der Waals surface area (Å²) in [7, 11) is 1.27. The van der Waals surface area contributed by atoms with Crippen LogP contribution in [-0.2, 0) is 19.1 Å². The Kier molecular flexibility index (Phi) is 6.39. The first-order valence-corrected chi connectivity index (χ1v) is 7.25. The first-order chi connectivity index (χ1) is 10.2. The van der Waals surface area contributed by atoms with Crippen LogP contribution < -0.4 is 10.6 Å². The molecule has 7 nitrogen and oxygen atoms in total.